The summed E-state index contributed by atoms with van der Waals surface area (Å²) in [7, 11) is -0.0506. The SMILES string of the molecule is CN(CC1(C(=O)NCCCC[P+](c2ccccc2)(c2ccccc2)c2ccccc2)CC1)C(=N)N. The minimum Gasteiger partial charge on any atom is -0.370 e. The van der Waals surface area contributed by atoms with Gasteiger partial charge in [0.05, 0.1) is 11.6 Å². The van der Waals surface area contributed by atoms with Crippen LogP contribution in [0.4, 0.5) is 0 Å². The van der Waals surface area contributed by atoms with E-state index >= 15 is 0 Å². The van der Waals surface area contributed by atoms with Gasteiger partial charge in [-0.1, -0.05) is 54.6 Å². The van der Waals surface area contributed by atoms with Gasteiger partial charge in [-0.05, 0) is 62.1 Å². The lowest BCUT2D eigenvalue weighted by Gasteiger charge is -2.28. The number of benzene rings is 3. The molecule has 4 N–H and O–H groups in total. The molecule has 0 spiro atoms. The molecule has 3 aromatic carbocycles. The van der Waals surface area contributed by atoms with E-state index in [1.54, 1.807) is 11.9 Å². The fourth-order valence-electron chi connectivity index (χ4n) is 4.89. The van der Waals surface area contributed by atoms with E-state index in [1.165, 1.54) is 15.9 Å². The second-order valence-corrected chi connectivity index (χ2v) is 13.1. The van der Waals surface area contributed by atoms with E-state index in [9.17, 15) is 4.79 Å². The van der Waals surface area contributed by atoms with Crippen LogP contribution in [0.2, 0.25) is 0 Å². The fourth-order valence-corrected chi connectivity index (χ4v) is 9.30. The van der Waals surface area contributed by atoms with Crippen LogP contribution in [-0.4, -0.2) is 43.1 Å². The summed E-state index contributed by atoms with van der Waals surface area (Å²) in [5.41, 5.74) is 5.20. The Balaban J connectivity index is 1.47. The summed E-state index contributed by atoms with van der Waals surface area (Å²) in [4.78, 5) is 14.5. The maximum absolute atomic E-state index is 12.9. The van der Waals surface area contributed by atoms with Crippen LogP contribution < -0.4 is 27.0 Å². The van der Waals surface area contributed by atoms with Gasteiger partial charge < -0.3 is 16.0 Å². The third kappa shape index (κ3) is 5.57. The number of guanidine groups is 1. The number of nitrogens with two attached hydrogens (primary N) is 1. The molecular weight excluding hydrogens is 451 g/mol. The zero-order valence-electron chi connectivity index (χ0n) is 20.5. The van der Waals surface area contributed by atoms with Gasteiger partial charge in [-0.3, -0.25) is 10.2 Å². The van der Waals surface area contributed by atoms with Gasteiger partial charge in [0.2, 0.25) is 5.91 Å². The van der Waals surface area contributed by atoms with Crippen molar-refractivity contribution in [2.24, 2.45) is 11.1 Å². The van der Waals surface area contributed by atoms with Crippen molar-refractivity contribution in [3.63, 3.8) is 0 Å². The van der Waals surface area contributed by atoms with Gasteiger partial charge >= 0.3 is 0 Å². The van der Waals surface area contributed by atoms with E-state index in [4.69, 9.17) is 11.1 Å². The number of hydrogen-bond acceptors (Lipinski definition) is 2. The van der Waals surface area contributed by atoms with Gasteiger partial charge in [0.25, 0.3) is 0 Å². The second-order valence-electron chi connectivity index (χ2n) is 9.52. The molecule has 0 aliphatic heterocycles. The Kier molecular flexibility index (Phi) is 7.87. The highest BCUT2D eigenvalue weighted by molar-refractivity contribution is 7.95. The van der Waals surface area contributed by atoms with Crippen molar-refractivity contribution in [3.8, 4) is 0 Å². The zero-order valence-corrected chi connectivity index (χ0v) is 21.4. The summed E-state index contributed by atoms with van der Waals surface area (Å²) in [6.45, 7) is 1.18. The molecule has 0 bridgehead atoms. The number of amides is 1. The highest BCUT2D eigenvalue weighted by atomic mass is 31.2. The molecule has 0 atom stereocenters. The maximum Gasteiger partial charge on any atom is 0.228 e. The van der Waals surface area contributed by atoms with E-state index < -0.39 is 7.26 Å². The van der Waals surface area contributed by atoms with Gasteiger partial charge in [-0.2, -0.15) is 0 Å². The Morgan fingerprint density at radius 3 is 1.74 bits per heavy atom. The average molecular weight is 488 g/mol. The van der Waals surface area contributed by atoms with Crippen molar-refractivity contribution in [2.45, 2.75) is 25.7 Å². The molecule has 3 aromatic rings. The van der Waals surface area contributed by atoms with Crippen LogP contribution in [0.3, 0.4) is 0 Å². The molecule has 4 rings (SSSR count). The first-order valence-electron chi connectivity index (χ1n) is 12.4. The van der Waals surface area contributed by atoms with Crippen LogP contribution in [-0.2, 0) is 4.79 Å². The number of unbranched alkanes of at least 4 members (excludes halogenated alkanes) is 1. The smallest absolute Gasteiger partial charge is 0.228 e. The molecule has 1 saturated carbocycles. The second kappa shape index (κ2) is 11.0. The van der Waals surface area contributed by atoms with Gasteiger partial charge in [-0.25, -0.2) is 0 Å². The number of hydrogen-bond donors (Lipinski definition) is 3. The molecule has 0 unspecified atom stereocenters. The van der Waals surface area contributed by atoms with Crippen LogP contribution in [0.25, 0.3) is 0 Å². The summed E-state index contributed by atoms with van der Waals surface area (Å²) < 4.78 is 0. The van der Waals surface area contributed by atoms with Gasteiger partial charge in [0.1, 0.15) is 23.2 Å². The lowest BCUT2D eigenvalue weighted by atomic mass is 10.1. The van der Waals surface area contributed by atoms with Crippen molar-refractivity contribution >= 4 is 35.0 Å². The van der Waals surface area contributed by atoms with Crippen molar-refractivity contribution in [2.75, 3.05) is 26.3 Å². The summed E-state index contributed by atoms with van der Waals surface area (Å²) >= 11 is 0. The average Bonchev–Trinajstić information content (AvgIpc) is 3.68. The molecule has 6 heteroatoms. The summed E-state index contributed by atoms with van der Waals surface area (Å²) in [6, 6.07) is 32.8. The molecular formula is C29H36N4OP+. The standard InChI is InChI=1S/C29H35N4OP/c1-33(28(30)31)23-29(19-20-29)27(34)32-21-11-12-22-35(24-13-5-2-6-14-24,25-15-7-3-8-16-25)26-17-9-4-10-18-26/h2-10,13-18H,11-12,19-23H2,1H3,(H3-,30,31,32,34)/p+1. The van der Waals surface area contributed by atoms with Crippen molar-refractivity contribution in [3.05, 3.63) is 91.0 Å². The maximum atomic E-state index is 12.9. The molecule has 0 radical (unpaired) electrons. The third-order valence-corrected chi connectivity index (χ3v) is 11.6. The monoisotopic (exact) mass is 487 g/mol. The predicted octanol–water partition coefficient (Wildman–Crippen LogP) is 3.48. The largest absolute Gasteiger partial charge is 0.370 e. The van der Waals surface area contributed by atoms with Crippen LogP contribution in [0.1, 0.15) is 25.7 Å². The van der Waals surface area contributed by atoms with E-state index in [1.807, 2.05) is 0 Å². The quantitative estimate of drug-likeness (QED) is 0.168. The highest BCUT2D eigenvalue weighted by Gasteiger charge is 2.50. The molecule has 1 aliphatic carbocycles. The van der Waals surface area contributed by atoms with Crippen molar-refractivity contribution < 1.29 is 4.79 Å². The van der Waals surface area contributed by atoms with Gasteiger partial charge in [0.15, 0.2) is 5.96 Å². The topological polar surface area (TPSA) is 82.2 Å². The Labute approximate surface area is 209 Å². The summed E-state index contributed by atoms with van der Waals surface area (Å²) in [5, 5.41) is 14.9. The molecule has 182 valence electrons. The highest BCUT2D eigenvalue weighted by Crippen LogP contribution is 2.55. The first-order chi connectivity index (χ1) is 17.0. The van der Waals surface area contributed by atoms with Crippen LogP contribution in [0.15, 0.2) is 91.0 Å². The molecule has 5 nitrogen and oxygen atoms in total. The van der Waals surface area contributed by atoms with Crippen LogP contribution >= 0.6 is 7.26 Å². The number of nitrogens with zero attached hydrogens (tertiary/aromatic N) is 1. The molecule has 1 aliphatic rings. The number of carbonyl (C=O) groups is 1. The Bertz CT molecular complexity index is 1020. The summed E-state index contributed by atoms with van der Waals surface area (Å²) in [6.07, 6.45) is 4.73. The van der Waals surface area contributed by atoms with Crippen molar-refractivity contribution in [1.82, 2.24) is 10.2 Å². The van der Waals surface area contributed by atoms with Crippen LogP contribution in [0, 0.1) is 10.8 Å². The number of rotatable bonds is 11. The van der Waals surface area contributed by atoms with E-state index in [2.05, 4.69) is 96.3 Å². The first-order valence-corrected chi connectivity index (χ1v) is 14.3. The molecule has 0 saturated heterocycles. The molecule has 1 amide bonds. The zero-order chi connectivity index (χ0) is 24.7. The first kappa shape index (κ1) is 24.9. The van der Waals surface area contributed by atoms with Gasteiger partial charge in [-0.15, -0.1) is 0 Å². The predicted molar refractivity (Wildman–Crippen MR) is 148 cm³/mol. The van der Waals surface area contributed by atoms with E-state index in [0.717, 1.165) is 31.8 Å². The Morgan fingerprint density at radius 1 is 0.886 bits per heavy atom. The van der Waals surface area contributed by atoms with Crippen LogP contribution in [0.5, 0.6) is 0 Å². The minimum absolute atomic E-state index is 0.00659. The molecule has 0 aromatic heterocycles. The normalized spacial score (nSPS) is 14.2. The molecule has 35 heavy (non-hydrogen) atoms. The van der Waals surface area contributed by atoms with E-state index in [0.29, 0.717) is 13.1 Å². The van der Waals surface area contributed by atoms with E-state index in [-0.39, 0.29) is 17.3 Å². The van der Waals surface area contributed by atoms with Crippen molar-refractivity contribution in [1.29, 1.82) is 5.41 Å². The minimum atomic E-state index is -1.82. The lowest BCUT2D eigenvalue weighted by Crippen LogP contribution is -2.43. The Morgan fingerprint density at radius 2 is 1.34 bits per heavy atom. The fraction of sp³-hybridized carbons (Fsp3) is 0.310. The number of carbonyl (C=O) groups excluding carboxylic acids is 1. The molecule has 1 fully saturated rings. The number of nitrogens with one attached hydrogen (secondary N) is 2. The summed E-state index contributed by atoms with van der Waals surface area (Å²) in [5.74, 6) is 0.105. The molecule has 0 heterocycles. The Hall–Kier alpha value is -3.17. The third-order valence-electron chi connectivity index (χ3n) is 7.08. The van der Waals surface area contributed by atoms with Gasteiger partial charge in [0, 0.05) is 20.1 Å². The lowest BCUT2D eigenvalue weighted by molar-refractivity contribution is -0.126.